The van der Waals surface area contributed by atoms with Crippen molar-refractivity contribution >= 4 is 11.9 Å². The lowest BCUT2D eigenvalue weighted by molar-refractivity contribution is -0.144. The number of rotatable bonds is 2. The summed E-state index contributed by atoms with van der Waals surface area (Å²) in [5.41, 5.74) is 0. The first-order valence-electron chi connectivity index (χ1n) is 7.49. The second-order valence-corrected chi connectivity index (χ2v) is 6.39. The zero-order valence-corrected chi connectivity index (χ0v) is 11.9. The number of fused-ring (bicyclic) bond motifs is 4. The van der Waals surface area contributed by atoms with E-state index < -0.39 is 24.1 Å². The van der Waals surface area contributed by atoms with Gasteiger partial charge >= 0.3 is 11.9 Å². The van der Waals surface area contributed by atoms with Crippen molar-refractivity contribution in [3.8, 4) is 0 Å². The molecule has 8 nitrogen and oxygen atoms in total. The summed E-state index contributed by atoms with van der Waals surface area (Å²) in [6.45, 7) is 0. The maximum atomic E-state index is 10.5. The van der Waals surface area contributed by atoms with Gasteiger partial charge in [0, 0.05) is 12.8 Å². The lowest BCUT2D eigenvalue weighted by Crippen LogP contribution is -2.31. The van der Waals surface area contributed by atoms with E-state index in [0.29, 0.717) is 25.7 Å². The Morgan fingerprint density at radius 2 is 1.05 bits per heavy atom. The zero-order chi connectivity index (χ0) is 16.0. The molecule has 0 spiro atoms. The lowest BCUT2D eigenvalue weighted by atomic mass is 9.88. The fourth-order valence-electron chi connectivity index (χ4n) is 3.79. The van der Waals surface area contributed by atoms with E-state index in [1.807, 2.05) is 0 Å². The summed E-state index contributed by atoms with van der Waals surface area (Å²) >= 11 is 0. The Balaban J connectivity index is 0.000000131. The van der Waals surface area contributed by atoms with Crippen LogP contribution >= 0.6 is 0 Å². The second-order valence-electron chi connectivity index (χ2n) is 6.39. The van der Waals surface area contributed by atoms with Crippen molar-refractivity contribution in [2.45, 2.75) is 62.3 Å². The first-order chi connectivity index (χ1) is 10.4. The number of carboxylic acid groups (broad SMARTS) is 2. The van der Waals surface area contributed by atoms with Gasteiger partial charge in [0.25, 0.3) is 0 Å². The van der Waals surface area contributed by atoms with Gasteiger partial charge in [0.1, 0.15) is 0 Å². The van der Waals surface area contributed by atoms with Crippen molar-refractivity contribution in [1.82, 2.24) is 0 Å². The molecule has 4 rings (SSSR count). The predicted molar refractivity (Wildman–Crippen MR) is 70.1 cm³/mol. The molecule has 0 unspecified atom stereocenters. The summed E-state index contributed by atoms with van der Waals surface area (Å²) in [5, 5.41) is 35.7. The van der Waals surface area contributed by atoms with Gasteiger partial charge in [-0.25, -0.2) is 0 Å². The summed E-state index contributed by atoms with van der Waals surface area (Å²) in [6, 6.07) is 0. The fraction of sp³-hybridized carbons (Fsp3) is 0.857. The van der Waals surface area contributed by atoms with Gasteiger partial charge < -0.3 is 29.9 Å². The monoisotopic (exact) mass is 316 g/mol. The fourth-order valence-corrected chi connectivity index (χ4v) is 3.79. The molecule has 4 aliphatic rings. The number of carboxylic acids is 2. The largest absolute Gasteiger partial charge is 0.481 e. The minimum atomic E-state index is -0.801. The Kier molecular flexibility index (Phi) is 4.11. The molecule has 8 atom stereocenters. The molecular weight excluding hydrogens is 296 g/mol. The average molecular weight is 316 g/mol. The Labute approximate surface area is 126 Å². The number of aliphatic hydroxyl groups is 2. The molecule has 4 aliphatic heterocycles. The highest BCUT2D eigenvalue weighted by atomic mass is 16.5. The summed E-state index contributed by atoms with van der Waals surface area (Å²) in [4.78, 5) is 21.1. The van der Waals surface area contributed by atoms with Gasteiger partial charge in [0.05, 0.1) is 48.5 Å². The first kappa shape index (κ1) is 15.7. The van der Waals surface area contributed by atoms with Crippen LogP contribution in [-0.4, -0.2) is 69.0 Å². The third-order valence-corrected chi connectivity index (χ3v) is 5.01. The Morgan fingerprint density at radius 1 is 0.682 bits per heavy atom. The standard InChI is InChI=1S/2C7H10O4/c2*8-4-2-5-3(7(9)10)1-6(4)11-5/h2*3-6,8H,1-2H2,(H,9,10)/t2*3-,4+,5-,6-/m10/s1. The van der Waals surface area contributed by atoms with Crippen LogP contribution in [-0.2, 0) is 19.1 Å². The van der Waals surface area contributed by atoms with Crippen LogP contribution in [0.2, 0.25) is 0 Å². The molecule has 0 amide bonds. The Morgan fingerprint density at radius 3 is 1.23 bits per heavy atom. The van der Waals surface area contributed by atoms with Gasteiger partial charge in [-0.3, -0.25) is 9.59 Å². The molecule has 4 N–H and O–H groups in total. The topological polar surface area (TPSA) is 134 Å². The number of aliphatic carboxylic acids is 2. The highest BCUT2D eigenvalue weighted by Gasteiger charge is 2.50. The van der Waals surface area contributed by atoms with E-state index in [-0.39, 0.29) is 36.3 Å². The third kappa shape index (κ3) is 2.71. The number of hydrogen-bond acceptors (Lipinski definition) is 6. The normalized spacial score (nSPS) is 48.1. The smallest absolute Gasteiger partial charge is 0.309 e. The molecule has 0 aromatic carbocycles. The molecule has 0 aliphatic carbocycles. The molecule has 0 radical (unpaired) electrons. The van der Waals surface area contributed by atoms with Crippen molar-refractivity contribution in [2.24, 2.45) is 11.8 Å². The van der Waals surface area contributed by atoms with Crippen molar-refractivity contribution in [1.29, 1.82) is 0 Å². The van der Waals surface area contributed by atoms with Crippen molar-refractivity contribution in [2.75, 3.05) is 0 Å². The van der Waals surface area contributed by atoms with Crippen LogP contribution in [0, 0.1) is 11.8 Å². The van der Waals surface area contributed by atoms with Crippen LogP contribution in [0.5, 0.6) is 0 Å². The zero-order valence-electron chi connectivity index (χ0n) is 11.9. The highest BCUT2D eigenvalue weighted by molar-refractivity contribution is 5.71. The summed E-state index contributed by atoms with van der Waals surface area (Å²) in [6.07, 6.45) is 0.124. The van der Waals surface area contributed by atoms with E-state index >= 15 is 0 Å². The van der Waals surface area contributed by atoms with E-state index in [4.69, 9.17) is 19.7 Å². The van der Waals surface area contributed by atoms with Gasteiger partial charge in [-0.2, -0.15) is 0 Å². The molecule has 4 fully saturated rings. The molecule has 8 heteroatoms. The molecule has 0 saturated carbocycles. The second kappa shape index (κ2) is 5.77. The van der Waals surface area contributed by atoms with E-state index in [1.165, 1.54) is 0 Å². The lowest BCUT2D eigenvalue weighted by Gasteiger charge is -2.17. The molecule has 0 aromatic rings. The number of aliphatic hydroxyl groups excluding tert-OH is 2. The van der Waals surface area contributed by atoms with Gasteiger partial charge in [0.2, 0.25) is 0 Å². The number of ether oxygens (including phenoxy) is 2. The molecule has 124 valence electrons. The van der Waals surface area contributed by atoms with Gasteiger partial charge in [-0.05, 0) is 12.8 Å². The van der Waals surface area contributed by atoms with E-state index in [1.54, 1.807) is 0 Å². The molecule has 4 heterocycles. The maximum Gasteiger partial charge on any atom is 0.309 e. The van der Waals surface area contributed by atoms with Gasteiger partial charge in [0.15, 0.2) is 0 Å². The molecular formula is C14H20O8. The molecule has 4 bridgehead atoms. The molecule has 4 saturated heterocycles. The van der Waals surface area contributed by atoms with Crippen LogP contribution in [0.4, 0.5) is 0 Å². The van der Waals surface area contributed by atoms with E-state index in [0.717, 1.165) is 0 Å². The Bertz CT molecular complexity index is 420. The van der Waals surface area contributed by atoms with E-state index in [2.05, 4.69) is 0 Å². The average Bonchev–Trinajstić information content (AvgIpc) is 3.16. The van der Waals surface area contributed by atoms with Crippen LogP contribution in [0.3, 0.4) is 0 Å². The van der Waals surface area contributed by atoms with Crippen molar-refractivity contribution < 1.29 is 39.5 Å². The van der Waals surface area contributed by atoms with Crippen LogP contribution in [0.1, 0.15) is 25.7 Å². The van der Waals surface area contributed by atoms with Gasteiger partial charge in [-0.15, -0.1) is 0 Å². The molecule has 0 aromatic heterocycles. The van der Waals surface area contributed by atoms with Crippen molar-refractivity contribution in [3.05, 3.63) is 0 Å². The summed E-state index contributed by atoms with van der Waals surface area (Å²) < 4.78 is 10.5. The first-order valence-corrected chi connectivity index (χ1v) is 7.49. The van der Waals surface area contributed by atoms with Crippen LogP contribution in [0.15, 0.2) is 0 Å². The summed E-state index contributed by atoms with van der Waals surface area (Å²) in [7, 11) is 0. The van der Waals surface area contributed by atoms with Crippen molar-refractivity contribution in [3.63, 3.8) is 0 Å². The quantitative estimate of drug-likeness (QED) is 0.521. The third-order valence-electron chi connectivity index (χ3n) is 5.01. The minimum Gasteiger partial charge on any atom is -0.481 e. The van der Waals surface area contributed by atoms with Crippen LogP contribution < -0.4 is 0 Å². The number of hydrogen-bond donors (Lipinski definition) is 4. The van der Waals surface area contributed by atoms with E-state index in [9.17, 15) is 19.8 Å². The predicted octanol–water partition coefficient (Wildman–Crippen LogP) is -0.781. The maximum absolute atomic E-state index is 10.5. The van der Waals surface area contributed by atoms with Crippen LogP contribution in [0.25, 0.3) is 0 Å². The number of carbonyl (C=O) groups is 2. The SMILES string of the molecule is O=C(O)[C@@H]1C[C@H]2O[C@@H]1C[C@@H]2O.O=C(O)[C@H]1C[C@@H]2O[C@H]1C[C@H]2O. The molecule has 22 heavy (non-hydrogen) atoms. The minimum absolute atomic E-state index is 0.221. The van der Waals surface area contributed by atoms with Gasteiger partial charge in [-0.1, -0.05) is 0 Å². The Hall–Kier alpha value is -1.22. The highest BCUT2D eigenvalue weighted by Crippen LogP contribution is 2.39. The summed E-state index contributed by atoms with van der Waals surface area (Å²) in [5.74, 6) is -2.37.